The number of aromatic nitrogens is 1. The number of benzene rings is 1. The largest absolute Gasteiger partial charge is 0.353 e. The standard InChI is InChI=1S/C13H12FN3/c1-9-7-12(13(8-15)17(9)2)16-11-5-3-10(14)4-6-11/h3-7,16H,1-2H3. The van der Waals surface area contributed by atoms with Crippen LogP contribution in [-0.4, -0.2) is 4.57 Å². The quantitative estimate of drug-likeness (QED) is 0.859. The molecule has 0 spiro atoms. The van der Waals surface area contributed by atoms with E-state index < -0.39 is 0 Å². The number of aryl methyl sites for hydroxylation is 1. The van der Waals surface area contributed by atoms with Crippen molar-refractivity contribution in [3.63, 3.8) is 0 Å². The van der Waals surface area contributed by atoms with Gasteiger partial charge in [0.05, 0.1) is 5.69 Å². The van der Waals surface area contributed by atoms with Crippen LogP contribution < -0.4 is 5.32 Å². The minimum atomic E-state index is -0.278. The summed E-state index contributed by atoms with van der Waals surface area (Å²) >= 11 is 0. The Hall–Kier alpha value is -2.28. The summed E-state index contributed by atoms with van der Waals surface area (Å²) in [6.07, 6.45) is 0. The summed E-state index contributed by atoms with van der Waals surface area (Å²) in [7, 11) is 1.84. The van der Waals surface area contributed by atoms with Gasteiger partial charge < -0.3 is 9.88 Å². The molecule has 1 aromatic heterocycles. The number of nitrogens with zero attached hydrogens (tertiary/aromatic N) is 2. The van der Waals surface area contributed by atoms with Crippen LogP contribution in [0.5, 0.6) is 0 Å². The number of anilines is 2. The molecule has 1 aromatic carbocycles. The van der Waals surface area contributed by atoms with Crippen molar-refractivity contribution in [3.8, 4) is 6.07 Å². The first-order valence-corrected chi connectivity index (χ1v) is 5.21. The smallest absolute Gasteiger partial charge is 0.143 e. The van der Waals surface area contributed by atoms with Gasteiger partial charge in [-0.1, -0.05) is 0 Å². The molecular weight excluding hydrogens is 217 g/mol. The molecule has 4 heteroatoms. The lowest BCUT2D eigenvalue weighted by Crippen LogP contribution is -1.96. The van der Waals surface area contributed by atoms with Crippen LogP contribution in [0.1, 0.15) is 11.4 Å². The van der Waals surface area contributed by atoms with Crippen molar-refractivity contribution in [1.82, 2.24) is 4.57 Å². The molecule has 0 aliphatic rings. The van der Waals surface area contributed by atoms with E-state index in [9.17, 15) is 4.39 Å². The van der Waals surface area contributed by atoms with Crippen LogP contribution in [0.3, 0.4) is 0 Å². The fourth-order valence-corrected chi connectivity index (χ4v) is 1.65. The van der Waals surface area contributed by atoms with Crippen LogP contribution in [0, 0.1) is 24.1 Å². The minimum absolute atomic E-state index is 0.278. The van der Waals surface area contributed by atoms with E-state index in [1.165, 1.54) is 12.1 Å². The highest BCUT2D eigenvalue weighted by atomic mass is 19.1. The summed E-state index contributed by atoms with van der Waals surface area (Å²) in [6, 6.07) is 10.1. The Labute approximate surface area is 99.1 Å². The maximum atomic E-state index is 12.8. The number of rotatable bonds is 2. The Morgan fingerprint density at radius 2 is 1.94 bits per heavy atom. The van der Waals surface area contributed by atoms with Crippen LogP contribution in [0.15, 0.2) is 30.3 Å². The van der Waals surface area contributed by atoms with Crippen molar-refractivity contribution in [1.29, 1.82) is 5.26 Å². The molecule has 0 saturated heterocycles. The highest BCUT2D eigenvalue weighted by Gasteiger charge is 2.09. The predicted molar refractivity (Wildman–Crippen MR) is 64.5 cm³/mol. The third kappa shape index (κ3) is 2.13. The van der Waals surface area contributed by atoms with Crippen molar-refractivity contribution < 1.29 is 4.39 Å². The number of hydrogen-bond acceptors (Lipinski definition) is 2. The Kier molecular flexibility index (Phi) is 2.84. The molecule has 0 aliphatic heterocycles. The first-order chi connectivity index (χ1) is 8.11. The van der Waals surface area contributed by atoms with Crippen LogP contribution in [0.25, 0.3) is 0 Å². The van der Waals surface area contributed by atoms with Gasteiger partial charge in [-0.25, -0.2) is 4.39 Å². The van der Waals surface area contributed by atoms with E-state index in [0.717, 1.165) is 17.1 Å². The third-order valence-corrected chi connectivity index (χ3v) is 2.70. The molecule has 3 nitrogen and oxygen atoms in total. The summed E-state index contributed by atoms with van der Waals surface area (Å²) in [6.45, 7) is 1.93. The summed E-state index contributed by atoms with van der Waals surface area (Å²) in [5, 5.41) is 12.2. The Bertz CT molecular complexity index is 576. The van der Waals surface area contributed by atoms with Crippen molar-refractivity contribution in [3.05, 3.63) is 47.5 Å². The second-order valence-corrected chi connectivity index (χ2v) is 3.85. The summed E-state index contributed by atoms with van der Waals surface area (Å²) in [5.41, 5.74) is 3.05. The molecule has 0 unspecified atom stereocenters. The number of halogens is 1. The van der Waals surface area contributed by atoms with Crippen molar-refractivity contribution in [2.45, 2.75) is 6.92 Å². The normalized spacial score (nSPS) is 10.0. The summed E-state index contributed by atoms with van der Waals surface area (Å²) in [5.74, 6) is -0.278. The average Bonchev–Trinajstić information content (AvgIpc) is 2.58. The van der Waals surface area contributed by atoms with Crippen LogP contribution in [0.4, 0.5) is 15.8 Å². The maximum Gasteiger partial charge on any atom is 0.143 e. The lowest BCUT2D eigenvalue weighted by molar-refractivity contribution is 0.628. The number of nitriles is 1. The van der Waals surface area contributed by atoms with Gasteiger partial charge in [0.2, 0.25) is 0 Å². The van der Waals surface area contributed by atoms with E-state index in [1.807, 2.05) is 24.6 Å². The summed E-state index contributed by atoms with van der Waals surface area (Å²) < 4.78 is 14.6. The van der Waals surface area contributed by atoms with Gasteiger partial charge in [0.15, 0.2) is 0 Å². The van der Waals surface area contributed by atoms with Gasteiger partial charge in [-0.05, 0) is 37.3 Å². The first-order valence-electron chi connectivity index (χ1n) is 5.21. The van der Waals surface area contributed by atoms with E-state index in [-0.39, 0.29) is 5.82 Å². The first kappa shape index (κ1) is 11.2. The molecule has 2 rings (SSSR count). The Morgan fingerprint density at radius 3 is 2.53 bits per heavy atom. The van der Waals surface area contributed by atoms with Crippen LogP contribution in [-0.2, 0) is 7.05 Å². The van der Waals surface area contributed by atoms with Gasteiger partial charge in [0.1, 0.15) is 17.6 Å². The highest BCUT2D eigenvalue weighted by molar-refractivity contribution is 5.66. The average molecular weight is 229 g/mol. The van der Waals surface area contributed by atoms with Crippen molar-refractivity contribution in [2.75, 3.05) is 5.32 Å². The molecule has 0 aliphatic carbocycles. The SMILES string of the molecule is Cc1cc(Nc2ccc(F)cc2)c(C#N)n1C. The van der Waals surface area contributed by atoms with E-state index in [4.69, 9.17) is 5.26 Å². The lowest BCUT2D eigenvalue weighted by atomic mass is 10.3. The third-order valence-electron chi connectivity index (χ3n) is 2.70. The Balaban J connectivity index is 2.34. The highest BCUT2D eigenvalue weighted by Crippen LogP contribution is 2.23. The van der Waals surface area contributed by atoms with Gasteiger partial charge >= 0.3 is 0 Å². The Morgan fingerprint density at radius 1 is 1.29 bits per heavy atom. The van der Waals surface area contributed by atoms with Crippen molar-refractivity contribution >= 4 is 11.4 Å². The summed E-state index contributed by atoms with van der Waals surface area (Å²) in [4.78, 5) is 0. The molecule has 1 heterocycles. The second kappa shape index (κ2) is 4.30. The molecule has 0 fully saturated rings. The van der Waals surface area contributed by atoms with Gasteiger partial charge in [-0.3, -0.25) is 0 Å². The molecule has 86 valence electrons. The van der Waals surface area contributed by atoms with E-state index in [1.54, 1.807) is 12.1 Å². The van der Waals surface area contributed by atoms with Gasteiger partial charge in [0, 0.05) is 18.4 Å². The van der Waals surface area contributed by atoms with Crippen LogP contribution >= 0.6 is 0 Å². The van der Waals surface area contributed by atoms with Crippen molar-refractivity contribution in [2.24, 2.45) is 7.05 Å². The molecular formula is C13H12FN3. The zero-order chi connectivity index (χ0) is 12.4. The van der Waals surface area contributed by atoms with Gasteiger partial charge in [-0.15, -0.1) is 0 Å². The molecule has 2 aromatic rings. The minimum Gasteiger partial charge on any atom is -0.353 e. The van der Waals surface area contributed by atoms with Gasteiger partial charge in [0.25, 0.3) is 0 Å². The fourth-order valence-electron chi connectivity index (χ4n) is 1.65. The predicted octanol–water partition coefficient (Wildman–Crippen LogP) is 3.09. The second-order valence-electron chi connectivity index (χ2n) is 3.85. The fraction of sp³-hybridized carbons (Fsp3) is 0.154. The van der Waals surface area contributed by atoms with E-state index in [0.29, 0.717) is 5.69 Å². The molecule has 0 amide bonds. The lowest BCUT2D eigenvalue weighted by Gasteiger charge is -2.04. The zero-order valence-corrected chi connectivity index (χ0v) is 9.66. The van der Waals surface area contributed by atoms with Gasteiger partial charge in [-0.2, -0.15) is 5.26 Å². The zero-order valence-electron chi connectivity index (χ0n) is 9.66. The van der Waals surface area contributed by atoms with Crippen LogP contribution in [0.2, 0.25) is 0 Å². The molecule has 0 bridgehead atoms. The number of nitrogens with one attached hydrogen (secondary N) is 1. The monoisotopic (exact) mass is 229 g/mol. The molecule has 1 N–H and O–H groups in total. The van der Waals surface area contributed by atoms with E-state index >= 15 is 0 Å². The molecule has 0 radical (unpaired) electrons. The number of hydrogen-bond donors (Lipinski definition) is 1. The molecule has 0 atom stereocenters. The van der Waals surface area contributed by atoms with E-state index in [2.05, 4.69) is 11.4 Å². The molecule has 0 saturated carbocycles. The maximum absolute atomic E-state index is 12.8. The molecule has 17 heavy (non-hydrogen) atoms. The topological polar surface area (TPSA) is 40.8 Å².